The van der Waals surface area contributed by atoms with Crippen LogP contribution in [0.4, 0.5) is 0 Å². The van der Waals surface area contributed by atoms with Gasteiger partial charge in [0.15, 0.2) is 0 Å². The van der Waals surface area contributed by atoms with Crippen molar-refractivity contribution in [1.29, 1.82) is 0 Å². The number of nitrogens with zero attached hydrogens (tertiary/aromatic N) is 2. The monoisotopic (exact) mass is 396 g/mol. The summed E-state index contributed by atoms with van der Waals surface area (Å²) in [6.07, 6.45) is 3.61. The Balaban J connectivity index is 2.11. The second kappa shape index (κ2) is 9.34. The molecule has 1 aliphatic rings. The number of ketones is 1. The topological polar surface area (TPSA) is 89.0 Å². The third-order valence-corrected chi connectivity index (χ3v) is 4.73. The van der Waals surface area contributed by atoms with Gasteiger partial charge in [0.25, 0.3) is 11.7 Å². The highest BCUT2D eigenvalue weighted by atomic mass is 16.5. The van der Waals surface area contributed by atoms with Gasteiger partial charge in [0.05, 0.1) is 18.2 Å². The molecule has 29 heavy (non-hydrogen) atoms. The van der Waals surface area contributed by atoms with Crippen molar-refractivity contribution < 1.29 is 24.2 Å². The molecule has 0 aliphatic carbocycles. The van der Waals surface area contributed by atoms with Gasteiger partial charge in [-0.05, 0) is 43.2 Å². The zero-order chi connectivity index (χ0) is 20.8. The van der Waals surface area contributed by atoms with Gasteiger partial charge in [-0.15, -0.1) is 0 Å². The van der Waals surface area contributed by atoms with Crippen molar-refractivity contribution in [2.75, 3.05) is 26.9 Å². The first-order chi connectivity index (χ1) is 14.1. The second-order valence-corrected chi connectivity index (χ2v) is 6.58. The van der Waals surface area contributed by atoms with Gasteiger partial charge in [0, 0.05) is 38.2 Å². The number of hydrogen-bond acceptors (Lipinski definition) is 6. The van der Waals surface area contributed by atoms with Crippen LogP contribution in [0.3, 0.4) is 0 Å². The minimum Gasteiger partial charge on any atom is -0.507 e. The van der Waals surface area contributed by atoms with Crippen LogP contribution in [0.2, 0.25) is 0 Å². The van der Waals surface area contributed by atoms with E-state index in [-0.39, 0.29) is 11.3 Å². The Labute approximate surface area is 169 Å². The summed E-state index contributed by atoms with van der Waals surface area (Å²) in [6.45, 7) is 3.16. The number of pyridine rings is 1. The molecule has 1 saturated heterocycles. The molecule has 2 heterocycles. The maximum Gasteiger partial charge on any atom is 0.295 e. The molecule has 0 saturated carbocycles. The zero-order valence-electron chi connectivity index (χ0n) is 16.5. The van der Waals surface area contributed by atoms with Gasteiger partial charge in [-0.25, -0.2) is 0 Å². The predicted molar refractivity (Wildman–Crippen MR) is 107 cm³/mol. The zero-order valence-corrected chi connectivity index (χ0v) is 16.5. The van der Waals surface area contributed by atoms with E-state index in [1.807, 2.05) is 25.1 Å². The maximum absolute atomic E-state index is 12.9. The number of aliphatic hydroxyl groups excluding tert-OH is 1. The van der Waals surface area contributed by atoms with Crippen molar-refractivity contribution in [3.8, 4) is 5.75 Å². The van der Waals surface area contributed by atoms with E-state index in [4.69, 9.17) is 9.47 Å². The molecule has 1 aromatic heterocycles. The number of rotatable bonds is 8. The van der Waals surface area contributed by atoms with Crippen molar-refractivity contribution in [3.05, 3.63) is 65.5 Å². The van der Waals surface area contributed by atoms with Gasteiger partial charge in [-0.3, -0.25) is 14.6 Å². The van der Waals surface area contributed by atoms with E-state index in [2.05, 4.69) is 4.98 Å². The lowest BCUT2D eigenvalue weighted by molar-refractivity contribution is -0.140. The molecule has 1 fully saturated rings. The highest BCUT2D eigenvalue weighted by molar-refractivity contribution is 6.46. The van der Waals surface area contributed by atoms with Gasteiger partial charge >= 0.3 is 0 Å². The molecule has 1 aromatic carbocycles. The second-order valence-electron chi connectivity index (χ2n) is 6.58. The number of benzene rings is 1. The molecule has 0 spiro atoms. The van der Waals surface area contributed by atoms with E-state index in [9.17, 15) is 14.7 Å². The van der Waals surface area contributed by atoms with Crippen LogP contribution in [0.15, 0.2) is 54.4 Å². The van der Waals surface area contributed by atoms with Crippen molar-refractivity contribution in [2.45, 2.75) is 19.4 Å². The minimum absolute atomic E-state index is 0.0623. The third kappa shape index (κ3) is 4.30. The third-order valence-electron chi connectivity index (χ3n) is 4.73. The number of carbonyl (C=O) groups excluding carboxylic acids is 2. The number of ether oxygens (including phenoxy) is 2. The fraction of sp³-hybridized carbons (Fsp3) is 0.318. The molecule has 7 heteroatoms. The highest BCUT2D eigenvalue weighted by Gasteiger charge is 2.45. The number of Topliss-reactive ketones (excluding diaryl/α,β-unsaturated/α-hetero) is 1. The van der Waals surface area contributed by atoms with Crippen LogP contribution in [0, 0.1) is 0 Å². The Kier molecular flexibility index (Phi) is 6.61. The normalized spacial score (nSPS) is 18.3. The van der Waals surface area contributed by atoms with Crippen molar-refractivity contribution >= 4 is 17.4 Å². The van der Waals surface area contributed by atoms with E-state index in [1.165, 1.54) is 17.3 Å². The molecule has 0 radical (unpaired) electrons. The summed E-state index contributed by atoms with van der Waals surface area (Å²) in [7, 11) is 1.58. The fourth-order valence-electron chi connectivity index (χ4n) is 3.44. The Morgan fingerprint density at radius 2 is 1.97 bits per heavy atom. The average molecular weight is 396 g/mol. The first-order valence-corrected chi connectivity index (χ1v) is 9.49. The van der Waals surface area contributed by atoms with Crippen LogP contribution in [0.5, 0.6) is 5.75 Å². The molecule has 1 amide bonds. The van der Waals surface area contributed by atoms with Crippen LogP contribution in [0.1, 0.15) is 30.5 Å². The number of amides is 1. The van der Waals surface area contributed by atoms with Crippen molar-refractivity contribution in [1.82, 2.24) is 9.88 Å². The van der Waals surface area contributed by atoms with E-state index < -0.39 is 17.7 Å². The van der Waals surface area contributed by atoms with Crippen LogP contribution >= 0.6 is 0 Å². The largest absolute Gasteiger partial charge is 0.507 e. The van der Waals surface area contributed by atoms with Gasteiger partial charge < -0.3 is 19.5 Å². The number of hydrogen-bond donors (Lipinski definition) is 1. The SMILES string of the molecule is CCOc1cccc(C2/C(=C(/O)c3ccncc3)C(=O)C(=O)N2CCCOC)c1. The van der Waals surface area contributed by atoms with Crippen LogP contribution in [-0.2, 0) is 14.3 Å². The van der Waals surface area contributed by atoms with Crippen molar-refractivity contribution in [3.63, 3.8) is 0 Å². The Morgan fingerprint density at radius 3 is 2.66 bits per heavy atom. The number of carbonyl (C=O) groups is 2. The average Bonchev–Trinajstić information content (AvgIpc) is 2.99. The van der Waals surface area contributed by atoms with Crippen LogP contribution in [0.25, 0.3) is 5.76 Å². The summed E-state index contributed by atoms with van der Waals surface area (Å²) in [5.41, 5.74) is 1.19. The molecule has 152 valence electrons. The van der Waals surface area contributed by atoms with Crippen LogP contribution in [-0.4, -0.2) is 53.5 Å². The lowest BCUT2D eigenvalue weighted by atomic mass is 9.95. The van der Waals surface area contributed by atoms with Crippen LogP contribution < -0.4 is 4.74 Å². The molecule has 2 aromatic rings. The van der Waals surface area contributed by atoms with E-state index >= 15 is 0 Å². The Morgan fingerprint density at radius 1 is 1.21 bits per heavy atom. The molecule has 1 atom stereocenters. The maximum atomic E-state index is 12.9. The molecule has 7 nitrogen and oxygen atoms in total. The number of methoxy groups -OCH3 is 1. The summed E-state index contributed by atoms with van der Waals surface area (Å²) >= 11 is 0. The lowest BCUT2D eigenvalue weighted by Gasteiger charge is -2.25. The first-order valence-electron chi connectivity index (χ1n) is 9.49. The quantitative estimate of drug-likeness (QED) is 0.319. The summed E-state index contributed by atoms with van der Waals surface area (Å²) in [5, 5.41) is 10.9. The first kappa shape index (κ1) is 20.5. The lowest BCUT2D eigenvalue weighted by Crippen LogP contribution is -2.31. The van der Waals surface area contributed by atoms with E-state index in [0.29, 0.717) is 43.1 Å². The molecular formula is C22H24N2O5. The van der Waals surface area contributed by atoms with Gasteiger partial charge in [0.2, 0.25) is 0 Å². The fourth-order valence-corrected chi connectivity index (χ4v) is 3.44. The Bertz CT molecular complexity index is 910. The standard InChI is InChI=1S/C22H24N2O5/c1-3-29-17-7-4-6-16(14-17)19-18(20(25)15-8-10-23-11-9-15)21(26)22(27)24(19)12-5-13-28-2/h4,6-11,14,19,25H,3,5,12-13H2,1-2H3/b20-18-. The molecule has 3 rings (SSSR count). The molecular weight excluding hydrogens is 372 g/mol. The Hall–Kier alpha value is -3.19. The number of aromatic nitrogens is 1. The summed E-state index contributed by atoms with van der Waals surface area (Å²) in [4.78, 5) is 31.1. The molecule has 1 unspecified atom stereocenters. The predicted octanol–water partition coefficient (Wildman–Crippen LogP) is 2.94. The van der Waals surface area contributed by atoms with Gasteiger partial charge in [0.1, 0.15) is 11.5 Å². The van der Waals surface area contributed by atoms with E-state index in [1.54, 1.807) is 25.3 Å². The van der Waals surface area contributed by atoms with Crippen molar-refractivity contribution in [2.24, 2.45) is 0 Å². The molecule has 1 aliphatic heterocycles. The highest BCUT2D eigenvalue weighted by Crippen LogP contribution is 2.40. The smallest absolute Gasteiger partial charge is 0.295 e. The number of aliphatic hydroxyl groups is 1. The van der Waals surface area contributed by atoms with E-state index in [0.717, 1.165) is 0 Å². The number of likely N-dealkylation sites (tertiary alicyclic amines) is 1. The summed E-state index contributed by atoms with van der Waals surface area (Å²) in [6, 6.07) is 9.73. The summed E-state index contributed by atoms with van der Waals surface area (Å²) in [5.74, 6) is -0.921. The van der Waals surface area contributed by atoms with Gasteiger partial charge in [-0.1, -0.05) is 12.1 Å². The molecule has 1 N–H and O–H groups in total. The van der Waals surface area contributed by atoms with Gasteiger partial charge in [-0.2, -0.15) is 0 Å². The minimum atomic E-state index is -0.708. The summed E-state index contributed by atoms with van der Waals surface area (Å²) < 4.78 is 10.7. The molecule has 0 bridgehead atoms.